The van der Waals surface area contributed by atoms with Crippen molar-refractivity contribution >= 4 is 34.1 Å². The molecule has 0 saturated carbocycles. The van der Waals surface area contributed by atoms with Gasteiger partial charge in [0.25, 0.3) is 5.56 Å². The average Bonchev–Trinajstić information content (AvgIpc) is 3.44. The number of fused-ring (bicyclic) bond motifs is 1. The van der Waals surface area contributed by atoms with E-state index in [1.54, 1.807) is 18.4 Å². The van der Waals surface area contributed by atoms with Crippen LogP contribution in [-0.2, 0) is 18.4 Å². The van der Waals surface area contributed by atoms with Gasteiger partial charge >= 0.3 is 5.69 Å². The molecule has 30 heavy (non-hydrogen) atoms. The molecular weight excluding hydrogens is 402 g/mol. The number of nitrogens with one attached hydrogen (secondary N) is 1. The zero-order chi connectivity index (χ0) is 21.8. The Morgan fingerprint density at radius 1 is 1.13 bits per heavy atom. The molecule has 9 heteroatoms. The van der Waals surface area contributed by atoms with Gasteiger partial charge in [-0.2, -0.15) is 11.3 Å². The molecule has 0 aliphatic heterocycles. The first kappa shape index (κ1) is 21.3. The number of carbonyl (C=O) groups excluding carboxylic acids is 1. The van der Waals surface area contributed by atoms with Gasteiger partial charge in [0.15, 0.2) is 11.2 Å². The molecule has 1 N–H and O–H groups in total. The number of likely N-dealkylation sites (N-methyl/N-ethyl adjacent to an activating group) is 1. The Hall–Kier alpha value is -3.46. The van der Waals surface area contributed by atoms with Crippen molar-refractivity contribution in [1.29, 1.82) is 0 Å². The van der Waals surface area contributed by atoms with E-state index in [1.165, 1.54) is 22.8 Å². The number of thiophene rings is 1. The first-order valence-electron chi connectivity index (χ1n) is 9.49. The van der Waals surface area contributed by atoms with E-state index in [1.807, 2.05) is 49.6 Å². The first-order valence-corrected chi connectivity index (χ1v) is 10.4. The molecule has 8 nitrogen and oxygen atoms in total. The Morgan fingerprint density at radius 2 is 1.83 bits per heavy atom. The standard InChI is InChI=1S/C19H17N5O3S.C2H6/c1-22(14-5-3-12(4-6-14)13-7-8-28-10-13)15(25)9-24-11-20-17-16(24)18(26)23(2)19(27)21-17;1-2/h3-8,10-11H,9H2,1-2H3,(H,21,27);1-2H3. The van der Waals surface area contributed by atoms with Crippen molar-refractivity contribution in [2.24, 2.45) is 7.05 Å². The number of H-pyrrole nitrogens is 1. The number of hydrogen-bond acceptors (Lipinski definition) is 5. The second kappa shape index (κ2) is 8.91. The highest BCUT2D eigenvalue weighted by Gasteiger charge is 2.16. The summed E-state index contributed by atoms with van der Waals surface area (Å²) in [4.78, 5) is 44.8. The van der Waals surface area contributed by atoms with E-state index in [4.69, 9.17) is 0 Å². The van der Waals surface area contributed by atoms with Gasteiger partial charge in [-0.15, -0.1) is 0 Å². The topological polar surface area (TPSA) is 93.0 Å². The smallest absolute Gasteiger partial charge is 0.315 e. The minimum atomic E-state index is -0.545. The molecular formula is C21H23N5O3S. The number of carbonyl (C=O) groups is 1. The Balaban J connectivity index is 0.00000124. The Labute approximate surface area is 177 Å². The SMILES string of the molecule is CC.CN(C(=O)Cn1cnc2[nH]c(=O)n(C)c(=O)c21)c1ccc(-c2ccsc2)cc1. The maximum absolute atomic E-state index is 12.7. The van der Waals surface area contributed by atoms with Crippen LogP contribution in [0.5, 0.6) is 0 Å². The summed E-state index contributed by atoms with van der Waals surface area (Å²) < 4.78 is 2.41. The molecule has 0 saturated heterocycles. The predicted molar refractivity (Wildman–Crippen MR) is 120 cm³/mol. The van der Waals surface area contributed by atoms with Crippen molar-refractivity contribution < 1.29 is 4.79 Å². The highest BCUT2D eigenvalue weighted by molar-refractivity contribution is 7.08. The number of benzene rings is 1. The van der Waals surface area contributed by atoms with Crippen molar-refractivity contribution in [1.82, 2.24) is 19.1 Å². The van der Waals surface area contributed by atoms with Crippen LogP contribution >= 0.6 is 11.3 Å². The molecule has 0 atom stereocenters. The summed E-state index contributed by atoms with van der Waals surface area (Å²) in [5.41, 5.74) is 2.29. The Morgan fingerprint density at radius 3 is 2.47 bits per heavy atom. The second-order valence-electron chi connectivity index (χ2n) is 6.38. The van der Waals surface area contributed by atoms with Gasteiger partial charge in [-0.1, -0.05) is 26.0 Å². The average molecular weight is 426 g/mol. The Kier molecular flexibility index (Phi) is 6.31. The van der Waals surface area contributed by atoms with Gasteiger partial charge in [0.1, 0.15) is 6.54 Å². The van der Waals surface area contributed by atoms with Gasteiger partial charge in [0, 0.05) is 19.8 Å². The van der Waals surface area contributed by atoms with Gasteiger partial charge in [-0.05, 0) is 40.1 Å². The molecule has 0 fully saturated rings. The lowest BCUT2D eigenvalue weighted by Crippen LogP contribution is -2.34. The third-order valence-electron chi connectivity index (χ3n) is 4.66. The van der Waals surface area contributed by atoms with Crippen molar-refractivity contribution in [2.45, 2.75) is 20.4 Å². The highest BCUT2D eigenvalue weighted by Crippen LogP contribution is 2.24. The normalized spacial score (nSPS) is 10.5. The van der Waals surface area contributed by atoms with Crippen LogP contribution < -0.4 is 16.1 Å². The zero-order valence-corrected chi connectivity index (χ0v) is 18.1. The molecule has 1 amide bonds. The van der Waals surface area contributed by atoms with Gasteiger partial charge in [-0.3, -0.25) is 19.1 Å². The fourth-order valence-corrected chi connectivity index (χ4v) is 3.62. The van der Waals surface area contributed by atoms with E-state index in [2.05, 4.69) is 15.3 Å². The molecule has 0 bridgehead atoms. The Bertz CT molecular complexity index is 1270. The van der Waals surface area contributed by atoms with E-state index in [9.17, 15) is 14.4 Å². The van der Waals surface area contributed by atoms with Gasteiger partial charge in [0.05, 0.1) is 6.33 Å². The largest absolute Gasteiger partial charge is 0.329 e. The summed E-state index contributed by atoms with van der Waals surface area (Å²) in [6.07, 6.45) is 1.38. The molecule has 0 aliphatic rings. The molecule has 3 aromatic heterocycles. The van der Waals surface area contributed by atoms with Gasteiger partial charge in [-0.25, -0.2) is 9.78 Å². The number of anilines is 1. The monoisotopic (exact) mass is 425 g/mol. The molecule has 1 aromatic carbocycles. The molecule has 4 aromatic rings. The first-order chi connectivity index (χ1) is 14.5. The number of amides is 1. The van der Waals surface area contributed by atoms with Gasteiger partial charge < -0.3 is 9.47 Å². The van der Waals surface area contributed by atoms with Crippen LogP contribution in [0, 0.1) is 0 Å². The van der Waals surface area contributed by atoms with Crippen molar-refractivity contribution in [3.63, 3.8) is 0 Å². The molecule has 3 heterocycles. The molecule has 0 radical (unpaired) electrons. The molecule has 0 spiro atoms. The maximum Gasteiger partial charge on any atom is 0.329 e. The van der Waals surface area contributed by atoms with Crippen LogP contribution in [-0.4, -0.2) is 32.1 Å². The lowest BCUT2D eigenvalue weighted by Gasteiger charge is -2.18. The summed E-state index contributed by atoms with van der Waals surface area (Å²) in [6, 6.07) is 9.74. The minimum Gasteiger partial charge on any atom is -0.315 e. The van der Waals surface area contributed by atoms with E-state index in [0.29, 0.717) is 0 Å². The quantitative estimate of drug-likeness (QED) is 0.544. The van der Waals surface area contributed by atoms with Crippen LogP contribution in [0.3, 0.4) is 0 Å². The fraction of sp³-hybridized carbons (Fsp3) is 0.238. The number of nitrogens with zero attached hydrogens (tertiary/aromatic N) is 4. The second-order valence-corrected chi connectivity index (χ2v) is 7.16. The highest BCUT2D eigenvalue weighted by atomic mass is 32.1. The third kappa shape index (κ3) is 3.97. The summed E-state index contributed by atoms with van der Waals surface area (Å²) in [5, 5.41) is 4.09. The van der Waals surface area contributed by atoms with Crippen LogP contribution in [0.15, 0.2) is 57.0 Å². The lowest BCUT2D eigenvalue weighted by atomic mass is 10.1. The lowest BCUT2D eigenvalue weighted by molar-refractivity contribution is -0.118. The minimum absolute atomic E-state index is 0.0689. The summed E-state index contributed by atoms with van der Waals surface area (Å²) >= 11 is 1.63. The summed E-state index contributed by atoms with van der Waals surface area (Å²) in [7, 11) is 3.06. The predicted octanol–water partition coefficient (Wildman–Crippen LogP) is 2.84. The summed E-state index contributed by atoms with van der Waals surface area (Å²) in [5.74, 6) is -0.212. The number of imidazole rings is 1. The maximum atomic E-state index is 12.7. The molecule has 0 unspecified atom stereocenters. The van der Waals surface area contributed by atoms with Crippen LogP contribution in [0.25, 0.3) is 22.3 Å². The van der Waals surface area contributed by atoms with Crippen LogP contribution in [0.2, 0.25) is 0 Å². The van der Waals surface area contributed by atoms with E-state index in [0.717, 1.165) is 21.4 Å². The fourth-order valence-electron chi connectivity index (χ4n) is 2.96. The number of rotatable bonds is 4. The molecule has 0 aliphatic carbocycles. The third-order valence-corrected chi connectivity index (χ3v) is 5.35. The number of hydrogen-bond donors (Lipinski definition) is 1. The van der Waals surface area contributed by atoms with E-state index < -0.39 is 11.2 Å². The number of aromatic nitrogens is 4. The van der Waals surface area contributed by atoms with Crippen molar-refractivity contribution in [2.75, 3.05) is 11.9 Å². The van der Waals surface area contributed by atoms with E-state index >= 15 is 0 Å². The molecule has 156 valence electrons. The van der Waals surface area contributed by atoms with Gasteiger partial charge in [0.2, 0.25) is 5.91 Å². The van der Waals surface area contributed by atoms with Crippen molar-refractivity contribution in [3.8, 4) is 11.1 Å². The summed E-state index contributed by atoms with van der Waals surface area (Å²) in [6.45, 7) is 3.93. The zero-order valence-electron chi connectivity index (χ0n) is 17.2. The van der Waals surface area contributed by atoms with Crippen LogP contribution in [0.4, 0.5) is 5.69 Å². The van der Waals surface area contributed by atoms with E-state index in [-0.39, 0.29) is 23.6 Å². The van der Waals surface area contributed by atoms with Crippen molar-refractivity contribution in [3.05, 3.63) is 68.3 Å². The number of aromatic amines is 1. The molecule has 4 rings (SSSR count). The van der Waals surface area contributed by atoms with Crippen LogP contribution in [0.1, 0.15) is 13.8 Å².